The van der Waals surface area contributed by atoms with E-state index in [0.29, 0.717) is 6.04 Å². The molecule has 0 fully saturated rings. The smallest absolute Gasteiger partial charge is 0.0674 e. The zero-order chi connectivity index (χ0) is 14.7. The summed E-state index contributed by atoms with van der Waals surface area (Å²) in [5.41, 5.74) is 6.28. The van der Waals surface area contributed by atoms with E-state index < -0.39 is 0 Å². The van der Waals surface area contributed by atoms with Gasteiger partial charge in [0.1, 0.15) is 0 Å². The number of nitrogens with one attached hydrogen (secondary N) is 1. The summed E-state index contributed by atoms with van der Waals surface area (Å²) in [6.45, 7) is 6.43. The van der Waals surface area contributed by atoms with Gasteiger partial charge in [0.2, 0.25) is 0 Å². The van der Waals surface area contributed by atoms with E-state index in [1.54, 1.807) is 0 Å². The van der Waals surface area contributed by atoms with Gasteiger partial charge in [-0.2, -0.15) is 5.10 Å². The highest BCUT2D eigenvalue weighted by Gasteiger charge is 2.11. The number of hydrogen-bond acceptors (Lipinski definition) is 2. The Morgan fingerprint density at radius 3 is 2.65 bits per heavy atom. The summed E-state index contributed by atoms with van der Waals surface area (Å²) in [6, 6.07) is 9.41. The quantitative estimate of drug-likeness (QED) is 0.904. The van der Waals surface area contributed by atoms with Crippen molar-refractivity contribution in [3.05, 3.63) is 41.2 Å². The first-order valence-corrected chi connectivity index (χ1v) is 7.29. The van der Waals surface area contributed by atoms with E-state index in [9.17, 15) is 0 Å². The Bertz CT molecular complexity index is 584. The Kier molecular flexibility index (Phi) is 4.61. The fourth-order valence-corrected chi connectivity index (χ4v) is 2.60. The van der Waals surface area contributed by atoms with Crippen LogP contribution in [0.25, 0.3) is 11.1 Å². The van der Waals surface area contributed by atoms with Crippen molar-refractivity contribution >= 4 is 0 Å². The molecule has 20 heavy (non-hydrogen) atoms. The molecule has 1 unspecified atom stereocenters. The summed E-state index contributed by atoms with van der Waals surface area (Å²) < 4.78 is 1.96. The minimum Gasteiger partial charge on any atom is -0.317 e. The van der Waals surface area contributed by atoms with Gasteiger partial charge in [-0.15, -0.1) is 0 Å². The molecular weight excluding hydrogens is 246 g/mol. The van der Waals surface area contributed by atoms with Crippen LogP contribution in [0.3, 0.4) is 0 Å². The van der Waals surface area contributed by atoms with Gasteiger partial charge in [-0.25, -0.2) is 0 Å². The van der Waals surface area contributed by atoms with Crippen LogP contribution >= 0.6 is 0 Å². The lowest BCUT2D eigenvalue weighted by Crippen LogP contribution is -2.21. The first-order valence-electron chi connectivity index (χ1n) is 7.29. The molecule has 3 nitrogen and oxygen atoms in total. The van der Waals surface area contributed by atoms with Gasteiger partial charge in [0.15, 0.2) is 0 Å². The van der Waals surface area contributed by atoms with Gasteiger partial charge in [0.25, 0.3) is 0 Å². The number of benzene rings is 1. The first-order chi connectivity index (χ1) is 9.52. The maximum Gasteiger partial charge on any atom is 0.0674 e. The Labute approximate surface area is 122 Å². The van der Waals surface area contributed by atoms with Gasteiger partial charge in [0, 0.05) is 24.3 Å². The lowest BCUT2D eigenvalue weighted by atomic mass is 9.98. The van der Waals surface area contributed by atoms with E-state index in [1.165, 1.54) is 22.4 Å². The fraction of sp³-hybridized carbons (Fsp3) is 0.471. The van der Waals surface area contributed by atoms with Gasteiger partial charge in [0.05, 0.1) is 5.69 Å². The van der Waals surface area contributed by atoms with Crippen molar-refractivity contribution in [2.24, 2.45) is 7.05 Å². The Morgan fingerprint density at radius 1 is 1.30 bits per heavy atom. The lowest BCUT2D eigenvalue weighted by Gasteiger charge is -2.10. The van der Waals surface area contributed by atoms with E-state index >= 15 is 0 Å². The number of rotatable bonds is 5. The molecule has 2 aromatic rings. The summed E-state index contributed by atoms with van der Waals surface area (Å²) in [4.78, 5) is 0. The summed E-state index contributed by atoms with van der Waals surface area (Å²) >= 11 is 0. The molecule has 0 bridgehead atoms. The van der Waals surface area contributed by atoms with Gasteiger partial charge >= 0.3 is 0 Å². The van der Waals surface area contributed by atoms with Crippen LogP contribution < -0.4 is 5.32 Å². The lowest BCUT2D eigenvalue weighted by molar-refractivity contribution is 0.565. The average molecular weight is 271 g/mol. The minimum absolute atomic E-state index is 0.556. The molecule has 2 rings (SSSR count). The van der Waals surface area contributed by atoms with Crippen LogP contribution in [-0.4, -0.2) is 22.9 Å². The third kappa shape index (κ3) is 3.10. The van der Waals surface area contributed by atoms with Gasteiger partial charge in [-0.1, -0.05) is 24.3 Å². The molecule has 0 saturated heterocycles. The zero-order valence-corrected chi connectivity index (χ0v) is 13.2. The number of nitrogens with zero attached hydrogens (tertiary/aromatic N) is 2. The van der Waals surface area contributed by atoms with Crippen LogP contribution in [0.5, 0.6) is 0 Å². The van der Waals surface area contributed by atoms with Crippen molar-refractivity contribution in [1.29, 1.82) is 0 Å². The van der Waals surface area contributed by atoms with E-state index in [1.807, 2.05) is 18.8 Å². The van der Waals surface area contributed by atoms with Gasteiger partial charge < -0.3 is 5.32 Å². The van der Waals surface area contributed by atoms with Crippen LogP contribution in [0, 0.1) is 13.8 Å². The second-order valence-corrected chi connectivity index (χ2v) is 5.60. The molecule has 0 aliphatic carbocycles. The third-order valence-electron chi connectivity index (χ3n) is 4.08. The van der Waals surface area contributed by atoms with E-state index in [2.05, 4.69) is 55.5 Å². The normalized spacial score (nSPS) is 12.7. The van der Waals surface area contributed by atoms with Crippen LogP contribution in [0.1, 0.15) is 30.3 Å². The monoisotopic (exact) mass is 271 g/mol. The summed E-state index contributed by atoms with van der Waals surface area (Å²) in [7, 11) is 4.02. The topological polar surface area (TPSA) is 29.9 Å². The molecule has 1 aromatic carbocycles. The summed E-state index contributed by atoms with van der Waals surface area (Å²) in [6.07, 6.45) is 2.26. The maximum absolute atomic E-state index is 4.51. The predicted octanol–water partition coefficient (Wildman–Crippen LogP) is 3.24. The Morgan fingerprint density at radius 2 is 2.05 bits per heavy atom. The second kappa shape index (κ2) is 6.23. The molecule has 0 amide bonds. The number of hydrogen-bond donors (Lipinski definition) is 1. The van der Waals surface area contributed by atoms with Gasteiger partial charge in [-0.3, -0.25) is 4.68 Å². The SMILES string of the molecule is CNC(C)CCc1cccc(-c2c(C)nn(C)c2C)c1. The van der Waals surface area contributed by atoms with Crippen LogP contribution in [0.15, 0.2) is 24.3 Å². The molecule has 0 spiro atoms. The maximum atomic E-state index is 4.51. The number of aryl methyl sites for hydroxylation is 3. The van der Waals surface area contributed by atoms with Crippen molar-refractivity contribution in [1.82, 2.24) is 15.1 Å². The minimum atomic E-state index is 0.556. The standard InChI is InChI=1S/C17H25N3/c1-12(18-4)9-10-15-7-6-8-16(11-15)17-13(2)19-20(5)14(17)3/h6-8,11-12,18H,9-10H2,1-5H3. The van der Waals surface area contributed by atoms with Crippen LogP contribution in [-0.2, 0) is 13.5 Å². The predicted molar refractivity (Wildman–Crippen MR) is 85.0 cm³/mol. The molecule has 0 aliphatic heterocycles. The van der Waals surface area contributed by atoms with Crippen molar-refractivity contribution in [2.45, 2.75) is 39.7 Å². The van der Waals surface area contributed by atoms with E-state index in [-0.39, 0.29) is 0 Å². The fourth-order valence-electron chi connectivity index (χ4n) is 2.60. The average Bonchev–Trinajstić information content (AvgIpc) is 2.70. The highest BCUT2D eigenvalue weighted by atomic mass is 15.3. The molecule has 3 heteroatoms. The number of aromatic nitrogens is 2. The van der Waals surface area contributed by atoms with Crippen LogP contribution in [0.4, 0.5) is 0 Å². The van der Waals surface area contributed by atoms with Crippen LogP contribution in [0.2, 0.25) is 0 Å². The second-order valence-electron chi connectivity index (χ2n) is 5.60. The van der Waals surface area contributed by atoms with Gasteiger partial charge in [-0.05, 0) is 51.8 Å². The molecule has 0 aliphatic rings. The largest absolute Gasteiger partial charge is 0.317 e. The first kappa shape index (κ1) is 14.8. The molecule has 1 heterocycles. The van der Waals surface area contributed by atoms with Crippen molar-refractivity contribution in [2.75, 3.05) is 7.05 Å². The highest BCUT2D eigenvalue weighted by Crippen LogP contribution is 2.27. The molecule has 0 radical (unpaired) electrons. The molecule has 0 saturated carbocycles. The van der Waals surface area contributed by atoms with E-state index in [4.69, 9.17) is 0 Å². The molecule has 1 aromatic heterocycles. The molecular formula is C17H25N3. The highest BCUT2D eigenvalue weighted by molar-refractivity contribution is 5.69. The van der Waals surface area contributed by atoms with Crippen molar-refractivity contribution in [3.63, 3.8) is 0 Å². The summed E-state index contributed by atoms with van der Waals surface area (Å²) in [5, 5.41) is 7.80. The third-order valence-corrected chi connectivity index (χ3v) is 4.08. The molecule has 108 valence electrons. The van der Waals surface area contributed by atoms with E-state index in [0.717, 1.165) is 18.5 Å². The molecule has 1 N–H and O–H groups in total. The Hall–Kier alpha value is -1.61. The van der Waals surface area contributed by atoms with Crippen molar-refractivity contribution in [3.8, 4) is 11.1 Å². The molecule has 1 atom stereocenters. The Balaban J connectivity index is 2.25. The van der Waals surface area contributed by atoms with Crippen molar-refractivity contribution < 1.29 is 0 Å². The zero-order valence-electron chi connectivity index (χ0n) is 13.2. The summed E-state index contributed by atoms with van der Waals surface area (Å²) in [5.74, 6) is 0.